The molecule has 10 heteroatoms. The van der Waals surface area contributed by atoms with Crippen LogP contribution in [0.25, 0.3) is 0 Å². The summed E-state index contributed by atoms with van der Waals surface area (Å²) in [6.07, 6.45) is 114. The predicted octanol–water partition coefficient (Wildman–Crippen LogP) is 26.5. The number of nitrogens with two attached hydrogens (primary N) is 1. The minimum atomic E-state index is -4.41. The molecule has 0 amide bonds. The van der Waals surface area contributed by atoms with E-state index < -0.39 is 26.5 Å². The summed E-state index contributed by atoms with van der Waals surface area (Å²) in [5.41, 5.74) is 5.41. The van der Waals surface area contributed by atoms with Gasteiger partial charge in [0, 0.05) is 19.4 Å². The quantitative estimate of drug-likeness (QED) is 0.0264. The summed E-state index contributed by atoms with van der Waals surface area (Å²) in [6, 6.07) is 0. The molecule has 0 fully saturated rings. The van der Waals surface area contributed by atoms with Crippen LogP contribution < -0.4 is 5.73 Å². The highest BCUT2D eigenvalue weighted by molar-refractivity contribution is 7.47. The molecule has 0 aliphatic rings. The van der Waals surface area contributed by atoms with Crippen molar-refractivity contribution >= 4 is 19.8 Å². The van der Waals surface area contributed by atoms with E-state index in [0.29, 0.717) is 6.42 Å². The first kappa shape index (κ1) is 90.9. The third-order valence-corrected chi connectivity index (χ3v) is 17.7. The Morgan fingerprint density at radius 3 is 0.863 bits per heavy atom. The Morgan fingerprint density at radius 1 is 0.326 bits per heavy atom. The van der Waals surface area contributed by atoms with E-state index in [4.69, 9.17) is 24.3 Å². The molecule has 0 aromatic heterocycles. The number of hydrogen-bond acceptors (Lipinski definition) is 8. The molecule has 0 saturated heterocycles. The van der Waals surface area contributed by atoms with Crippen molar-refractivity contribution in [3.63, 3.8) is 0 Å². The van der Waals surface area contributed by atoms with Gasteiger partial charge >= 0.3 is 19.8 Å². The van der Waals surface area contributed by atoms with E-state index in [9.17, 15) is 19.0 Å². The minimum absolute atomic E-state index is 0.0482. The van der Waals surface area contributed by atoms with Crippen LogP contribution in [-0.2, 0) is 32.7 Å². The second kappa shape index (κ2) is 78.9. The Bertz CT molecular complexity index is 2080. The largest absolute Gasteiger partial charge is 0.472 e. The van der Waals surface area contributed by atoms with Crippen LogP contribution in [0.4, 0.5) is 0 Å². The van der Waals surface area contributed by atoms with E-state index in [-0.39, 0.29) is 38.6 Å². The number of unbranched alkanes of at least 4 members (excludes halogenated alkanes) is 36. The van der Waals surface area contributed by atoms with Gasteiger partial charge < -0.3 is 20.1 Å². The van der Waals surface area contributed by atoms with E-state index in [0.717, 1.165) is 116 Å². The molecule has 2 unspecified atom stereocenters. The van der Waals surface area contributed by atoms with Gasteiger partial charge in [-0.15, -0.1) is 0 Å². The number of carbonyl (C=O) groups is 2. The van der Waals surface area contributed by atoms with Crippen LogP contribution >= 0.6 is 7.82 Å². The number of phosphoric ester groups is 1. The molecule has 9 nitrogen and oxygen atoms in total. The van der Waals surface area contributed by atoms with Crippen molar-refractivity contribution in [1.82, 2.24) is 0 Å². The molecule has 0 aliphatic heterocycles. The molecule has 0 radical (unpaired) electrons. The molecule has 0 aromatic rings. The van der Waals surface area contributed by atoms with Gasteiger partial charge in [0.1, 0.15) is 6.61 Å². The molecule has 0 bridgehead atoms. The van der Waals surface area contributed by atoms with Gasteiger partial charge in [0.2, 0.25) is 0 Å². The molecule has 0 rings (SSSR count). The first-order chi connectivity index (χ1) is 46.8. The van der Waals surface area contributed by atoms with Gasteiger partial charge in [0.15, 0.2) is 6.10 Å². The fourth-order valence-electron chi connectivity index (χ4n) is 10.9. The first-order valence-corrected chi connectivity index (χ1v) is 40.8. The van der Waals surface area contributed by atoms with Crippen molar-refractivity contribution in [2.75, 3.05) is 26.4 Å². The molecule has 3 N–H and O–H groups in total. The zero-order chi connectivity index (χ0) is 68.6. The van der Waals surface area contributed by atoms with E-state index >= 15 is 0 Å². The third-order valence-electron chi connectivity index (χ3n) is 16.7. The van der Waals surface area contributed by atoms with Crippen LogP contribution in [0.1, 0.15) is 348 Å². The Kier molecular flexibility index (Phi) is 75.5. The average molecular weight is 1340 g/mol. The summed E-state index contributed by atoms with van der Waals surface area (Å²) in [6.45, 7) is 3.64. The van der Waals surface area contributed by atoms with Gasteiger partial charge in [-0.05, 0) is 122 Å². The highest BCUT2D eigenvalue weighted by Gasteiger charge is 2.26. The highest BCUT2D eigenvalue weighted by atomic mass is 31.2. The lowest BCUT2D eigenvalue weighted by Crippen LogP contribution is -2.29. The molecule has 0 aliphatic carbocycles. The fourth-order valence-corrected chi connectivity index (χ4v) is 11.7. The first-order valence-electron chi connectivity index (χ1n) is 39.3. The van der Waals surface area contributed by atoms with E-state index in [1.807, 2.05) is 0 Å². The van der Waals surface area contributed by atoms with Crippen molar-refractivity contribution in [3.8, 4) is 0 Å². The number of rotatable bonds is 73. The molecule has 95 heavy (non-hydrogen) atoms. The van der Waals surface area contributed by atoms with Gasteiger partial charge in [-0.3, -0.25) is 18.6 Å². The lowest BCUT2D eigenvalue weighted by Gasteiger charge is -2.19. The normalized spacial score (nSPS) is 13.7. The van der Waals surface area contributed by atoms with E-state index in [1.165, 1.54) is 199 Å². The molecule has 0 heterocycles. The maximum Gasteiger partial charge on any atom is 0.472 e. The van der Waals surface area contributed by atoms with Gasteiger partial charge in [0.25, 0.3) is 0 Å². The second-order valence-electron chi connectivity index (χ2n) is 25.8. The lowest BCUT2D eigenvalue weighted by atomic mass is 10.0. The second-order valence-corrected chi connectivity index (χ2v) is 27.3. The van der Waals surface area contributed by atoms with Crippen LogP contribution in [-0.4, -0.2) is 49.3 Å². The third kappa shape index (κ3) is 78.8. The number of esters is 2. The SMILES string of the molecule is CC/C=C\C/C=C\C/C=C\C/C=C\C/C=C\C/C=C\C/C=C\C/C=C\C/C=C\C/C=C\CCCCCCCCCCCCC(=O)OC(COC(=O)CCCCCCCCCCCCCCCCCCCCCCC/C=C\C/C=C\CCCCCCC)COP(=O)(O)OCCN. The Morgan fingerprint density at radius 2 is 0.579 bits per heavy atom. The molecular weight excluding hydrogens is 1190 g/mol. The number of carbonyl (C=O) groups excluding carboxylic acids is 2. The van der Waals surface area contributed by atoms with Crippen molar-refractivity contribution in [1.29, 1.82) is 0 Å². The van der Waals surface area contributed by atoms with Gasteiger partial charge in [-0.25, -0.2) is 4.57 Å². The van der Waals surface area contributed by atoms with Gasteiger partial charge in [-0.2, -0.15) is 0 Å². The van der Waals surface area contributed by atoms with Crippen LogP contribution in [0.2, 0.25) is 0 Å². The zero-order valence-corrected chi connectivity index (χ0v) is 62.3. The molecular formula is C85H146NO8P. The van der Waals surface area contributed by atoms with E-state index in [2.05, 4.69) is 160 Å². The number of phosphoric acid groups is 1. The number of hydrogen-bond donors (Lipinski definition) is 2. The van der Waals surface area contributed by atoms with Crippen LogP contribution in [0.15, 0.2) is 146 Å². The van der Waals surface area contributed by atoms with Crippen molar-refractivity contribution < 1.29 is 37.6 Å². The fraction of sp³-hybridized carbons (Fsp3) is 0.694. The number of allylic oxidation sites excluding steroid dienone is 24. The van der Waals surface area contributed by atoms with E-state index in [1.54, 1.807) is 0 Å². The summed E-state index contributed by atoms with van der Waals surface area (Å²) in [5, 5.41) is 0. The highest BCUT2D eigenvalue weighted by Crippen LogP contribution is 2.43. The average Bonchev–Trinajstić information content (AvgIpc) is 2.75. The molecule has 0 spiro atoms. The Balaban J connectivity index is 3.88. The molecule has 2 atom stereocenters. The summed E-state index contributed by atoms with van der Waals surface area (Å²) < 4.78 is 33.3. The molecule has 0 aromatic carbocycles. The molecule has 544 valence electrons. The standard InChI is InChI=1S/C85H146NO8P/c1-3-5-7-9-11-13-15-17-19-21-23-25-27-29-31-33-35-37-38-39-40-41-42-43-44-46-48-50-52-54-56-58-60-62-64-66-68-70-72-74-76-78-85(88)94-83(82-93-95(89,90)92-80-79-86)81-91-84(87)77-75-73-71-69-67-65-63-61-59-57-55-53-51-49-47-45-36-34-32-30-28-26-24-22-20-18-16-14-12-10-8-6-4-2/h5,7,11,13,16-19,22-25,29,31,35,37,39-40,42-43,46,48,52,54,83H,3-4,6,8-10,12,14-15,20-21,26-28,30,32-34,36,38,41,44-45,47,49-51,53,55-82,86H2,1-2H3,(H,89,90)/b7-5-,13-11-,18-16-,19-17-,24-22-,25-23-,31-29-,37-35-,40-39-,43-42-,48-46-,54-52-. The maximum atomic E-state index is 12.8. The smallest absolute Gasteiger partial charge is 0.462 e. The Hall–Kier alpha value is -4.11. The van der Waals surface area contributed by atoms with Gasteiger partial charge in [-0.1, -0.05) is 359 Å². The summed E-state index contributed by atoms with van der Waals surface area (Å²) in [4.78, 5) is 35.5. The number of ether oxygens (including phenoxy) is 2. The Labute approximate surface area is 586 Å². The topological polar surface area (TPSA) is 134 Å². The van der Waals surface area contributed by atoms with Crippen molar-refractivity contribution in [3.05, 3.63) is 146 Å². The predicted molar refractivity (Wildman–Crippen MR) is 413 cm³/mol. The van der Waals surface area contributed by atoms with Crippen LogP contribution in [0.5, 0.6) is 0 Å². The van der Waals surface area contributed by atoms with Crippen LogP contribution in [0.3, 0.4) is 0 Å². The van der Waals surface area contributed by atoms with Gasteiger partial charge in [0.05, 0.1) is 13.2 Å². The zero-order valence-electron chi connectivity index (χ0n) is 61.4. The molecule has 0 saturated carbocycles. The van der Waals surface area contributed by atoms with Crippen molar-refractivity contribution in [2.24, 2.45) is 5.73 Å². The summed E-state index contributed by atoms with van der Waals surface area (Å²) in [5.74, 6) is -0.827. The van der Waals surface area contributed by atoms with Crippen LogP contribution in [0, 0.1) is 0 Å². The van der Waals surface area contributed by atoms with Crippen molar-refractivity contribution in [2.45, 2.75) is 354 Å². The summed E-state index contributed by atoms with van der Waals surface area (Å²) >= 11 is 0. The maximum absolute atomic E-state index is 12.8. The lowest BCUT2D eigenvalue weighted by molar-refractivity contribution is -0.161. The minimum Gasteiger partial charge on any atom is -0.462 e. The monoisotopic (exact) mass is 1340 g/mol. The summed E-state index contributed by atoms with van der Waals surface area (Å²) in [7, 11) is -4.41.